The number of hydrogen-bond donors (Lipinski definition) is 1. The Labute approximate surface area is 82.8 Å². The first-order valence-corrected chi connectivity index (χ1v) is 4.90. The number of nitrogen functional groups attached to an aromatic ring is 1. The molecule has 2 heterocycles. The van der Waals surface area contributed by atoms with Crippen molar-refractivity contribution in [2.45, 2.75) is 26.2 Å². The molecule has 0 aliphatic rings. The normalized spacial score (nSPS) is 10.9. The van der Waals surface area contributed by atoms with Gasteiger partial charge >= 0.3 is 0 Å². The van der Waals surface area contributed by atoms with E-state index in [9.17, 15) is 0 Å². The van der Waals surface area contributed by atoms with Crippen LogP contribution in [-0.4, -0.2) is 14.6 Å². The summed E-state index contributed by atoms with van der Waals surface area (Å²) in [7, 11) is 0. The Bertz CT molecular complexity index is 433. The Morgan fingerprint density at radius 1 is 1.43 bits per heavy atom. The molecule has 0 saturated heterocycles. The lowest BCUT2D eigenvalue weighted by Gasteiger charge is -1.91. The van der Waals surface area contributed by atoms with E-state index in [1.165, 1.54) is 0 Å². The molecule has 0 amide bonds. The average molecular weight is 190 g/mol. The van der Waals surface area contributed by atoms with E-state index in [1.54, 1.807) is 10.7 Å². The summed E-state index contributed by atoms with van der Waals surface area (Å²) >= 11 is 0. The molecule has 4 nitrogen and oxygen atoms in total. The number of anilines is 1. The van der Waals surface area contributed by atoms with Crippen LogP contribution in [-0.2, 0) is 6.42 Å². The Morgan fingerprint density at radius 3 is 3.07 bits per heavy atom. The van der Waals surface area contributed by atoms with Gasteiger partial charge in [-0.2, -0.15) is 5.10 Å². The lowest BCUT2D eigenvalue weighted by atomic mass is 10.2. The smallest absolute Gasteiger partial charge is 0.155 e. The second-order valence-corrected chi connectivity index (χ2v) is 3.40. The van der Waals surface area contributed by atoms with Crippen molar-refractivity contribution in [1.29, 1.82) is 0 Å². The minimum Gasteiger partial charge on any atom is -0.397 e. The fourth-order valence-corrected chi connectivity index (χ4v) is 1.39. The molecule has 74 valence electrons. The van der Waals surface area contributed by atoms with Gasteiger partial charge in [0.05, 0.1) is 11.9 Å². The molecule has 0 spiro atoms. The van der Waals surface area contributed by atoms with E-state index in [2.05, 4.69) is 17.0 Å². The summed E-state index contributed by atoms with van der Waals surface area (Å²) in [6.45, 7) is 2.16. The fourth-order valence-electron chi connectivity index (χ4n) is 1.39. The molecule has 4 heteroatoms. The Hall–Kier alpha value is -1.58. The Balaban J connectivity index is 2.32. The van der Waals surface area contributed by atoms with Crippen molar-refractivity contribution >= 4 is 11.3 Å². The maximum atomic E-state index is 5.64. The van der Waals surface area contributed by atoms with Gasteiger partial charge in [-0.05, 0) is 18.6 Å². The van der Waals surface area contributed by atoms with Crippen LogP contribution in [0.15, 0.2) is 18.3 Å². The Kier molecular flexibility index (Phi) is 2.35. The summed E-state index contributed by atoms with van der Waals surface area (Å²) in [6, 6.07) is 3.73. The summed E-state index contributed by atoms with van der Waals surface area (Å²) in [5.74, 6) is 0.900. The van der Waals surface area contributed by atoms with Gasteiger partial charge in [-0.3, -0.25) is 0 Å². The van der Waals surface area contributed by atoms with Gasteiger partial charge in [-0.25, -0.2) is 9.50 Å². The molecule has 0 aliphatic carbocycles. The van der Waals surface area contributed by atoms with E-state index in [-0.39, 0.29) is 0 Å². The molecule has 0 radical (unpaired) electrons. The van der Waals surface area contributed by atoms with Gasteiger partial charge in [0.15, 0.2) is 11.5 Å². The van der Waals surface area contributed by atoms with Crippen molar-refractivity contribution in [3.8, 4) is 0 Å². The zero-order chi connectivity index (χ0) is 9.97. The van der Waals surface area contributed by atoms with E-state index < -0.39 is 0 Å². The van der Waals surface area contributed by atoms with Crippen LogP contribution in [0.2, 0.25) is 0 Å². The topological polar surface area (TPSA) is 56.2 Å². The highest BCUT2D eigenvalue weighted by atomic mass is 15.3. The number of pyridine rings is 1. The summed E-state index contributed by atoms with van der Waals surface area (Å²) in [5, 5.41) is 4.34. The molecule has 2 rings (SSSR count). The monoisotopic (exact) mass is 190 g/mol. The average Bonchev–Trinajstić information content (AvgIpc) is 2.56. The van der Waals surface area contributed by atoms with Crippen LogP contribution >= 0.6 is 0 Å². The van der Waals surface area contributed by atoms with E-state index in [1.807, 2.05) is 12.1 Å². The molecule has 0 atom stereocenters. The SMILES string of the molecule is CCCCc1nc2ccc(N)cn2n1. The predicted molar refractivity (Wildman–Crippen MR) is 56.0 cm³/mol. The molecule has 0 saturated carbocycles. The Morgan fingerprint density at radius 2 is 2.29 bits per heavy atom. The van der Waals surface area contributed by atoms with Gasteiger partial charge in [-0.15, -0.1) is 0 Å². The van der Waals surface area contributed by atoms with Gasteiger partial charge in [0.1, 0.15) is 0 Å². The molecular formula is C10H14N4. The quantitative estimate of drug-likeness (QED) is 0.800. The molecule has 0 bridgehead atoms. The van der Waals surface area contributed by atoms with Crippen molar-refractivity contribution in [1.82, 2.24) is 14.6 Å². The highest BCUT2D eigenvalue weighted by Crippen LogP contribution is 2.07. The van der Waals surface area contributed by atoms with Gasteiger partial charge < -0.3 is 5.73 Å². The summed E-state index contributed by atoms with van der Waals surface area (Å²) < 4.78 is 1.74. The molecule has 2 aromatic heterocycles. The van der Waals surface area contributed by atoms with Crippen LogP contribution in [0.5, 0.6) is 0 Å². The number of unbranched alkanes of at least 4 members (excludes halogenated alkanes) is 1. The number of aromatic nitrogens is 3. The van der Waals surface area contributed by atoms with Crippen LogP contribution in [0.3, 0.4) is 0 Å². The van der Waals surface area contributed by atoms with E-state index in [0.717, 1.165) is 30.7 Å². The van der Waals surface area contributed by atoms with Gasteiger partial charge in [0.25, 0.3) is 0 Å². The van der Waals surface area contributed by atoms with Crippen LogP contribution in [0.1, 0.15) is 25.6 Å². The maximum Gasteiger partial charge on any atom is 0.155 e. The first-order valence-electron chi connectivity index (χ1n) is 4.90. The molecule has 0 unspecified atom stereocenters. The van der Waals surface area contributed by atoms with Crippen LogP contribution in [0.25, 0.3) is 5.65 Å². The first-order chi connectivity index (χ1) is 6.79. The van der Waals surface area contributed by atoms with E-state index in [0.29, 0.717) is 5.69 Å². The summed E-state index contributed by atoms with van der Waals surface area (Å²) in [6.07, 6.45) is 5.03. The molecule has 0 aliphatic heterocycles. The number of rotatable bonds is 3. The standard InChI is InChI=1S/C10H14N4/c1-2-3-4-9-12-10-6-5-8(11)7-14(10)13-9/h5-7H,2-4,11H2,1H3. The molecular weight excluding hydrogens is 176 g/mol. The van der Waals surface area contributed by atoms with Gasteiger partial charge in [-0.1, -0.05) is 13.3 Å². The zero-order valence-electron chi connectivity index (χ0n) is 8.27. The van der Waals surface area contributed by atoms with Gasteiger partial charge in [0, 0.05) is 6.42 Å². The van der Waals surface area contributed by atoms with Crippen molar-refractivity contribution < 1.29 is 0 Å². The third kappa shape index (κ3) is 1.69. The first kappa shape index (κ1) is 8.99. The summed E-state index contributed by atoms with van der Waals surface area (Å²) in [4.78, 5) is 4.39. The third-order valence-electron chi connectivity index (χ3n) is 2.15. The number of nitrogens with zero attached hydrogens (tertiary/aromatic N) is 3. The second-order valence-electron chi connectivity index (χ2n) is 3.40. The van der Waals surface area contributed by atoms with Crippen molar-refractivity contribution in [2.24, 2.45) is 0 Å². The molecule has 0 fully saturated rings. The molecule has 0 aromatic carbocycles. The lowest BCUT2D eigenvalue weighted by Crippen LogP contribution is -1.92. The zero-order valence-corrected chi connectivity index (χ0v) is 8.27. The largest absolute Gasteiger partial charge is 0.397 e. The second kappa shape index (κ2) is 3.65. The number of nitrogens with two attached hydrogens (primary N) is 1. The highest BCUT2D eigenvalue weighted by Gasteiger charge is 2.02. The van der Waals surface area contributed by atoms with Crippen molar-refractivity contribution in [3.63, 3.8) is 0 Å². The minimum absolute atomic E-state index is 0.712. The molecule has 2 aromatic rings. The van der Waals surface area contributed by atoms with Gasteiger partial charge in [0.2, 0.25) is 0 Å². The van der Waals surface area contributed by atoms with Crippen LogP contribution < -0.4 is 5.73 Å². The lowest BCUT2D eigenvalue weighted by molar-refractivity contribution is 0.748. The minimum atomic E-state index is 0.712. The number of fused-ring (bicyclic) bond motifs is 1. The van der Waals surface area contributed by atoms with Crippen LogP contribution in [0, 0.1) is 0 Å². The predicted octanol–water partition coefficient (Wildman–Crippen LogP) is 1.65. The van der Waals surface area contributed by atoms with Crippen molar-refractivity contribution in [2.75, 3.05) is 5.73 Å². The molecule has 2 N–H and O–H groups in total. The van der Waals surface area contributed by atoms with Crippen molar-refractivity contribution in [3.05, 3.63) is 24.2 Å². The maximum absolute atomic E-state index is 5.64. The fraction of sp³-hybridized carbons (Fsp3) is 0.400. The highest BCUT2D eigenvalue weighted by molar-refractivity contribution is 5.46. The van der Waals surface area contributed by atoms with E-state index in [4.69, 9.17) is 5.73 Å². The van der Waals surface area contributed by atoms with E-state index >= 15 is 0 Å². The summed E-state index contributed by atoms with van der Waals surface area (Å²) in [5.41, 5.74) is 7.22. The molecule has 14 heavy (non-hydrogen) atoms. The number of aryl methyl sites for hydroxylation is 1. The number of hydrogen-bond acceptors (Lipinski definition) is 3. The van der Waals surface area contributed by atoms with Crippen LogP contribution in [0.4, 0.5) is 5.69 Å². The third-order valence-corrected chi connectivity index (χ3v) is 2.15.